The molecule has 2 aromatic rings. The SMILES string of the molecule is COC(=O)c1cc(O)c(C(=O)Nc2ccc(Cl)cc2Cl)s1. The molecule has 8 heteroatoms. The number of benzene rings is 1. The lowest BCUT2D eigenvalue weighted by Gasteiger charge is -2.06. The highest BCUT2D eigenvalue weighted by Gasteiger charge is 2.20. The molecule has 0 unspecified atom stereocenters. The lowest BCUT2D eigenvalue weighted by Crippen LogP contribution is -2.10. The van der Waals surface area contributed by atoms with E-state index in [0.29, 0.717) is 10.7 Å². The maximum atomic E-state index is 12.1. The van der Waals surface area contributed by atoms with Gasteiger partial charge in [0, 0.05) is 11.1 Å². The predicted octanol–water partition coefficient (Wildman–Crippen LogP) is 3.80. The summed E-state index contributed by atoms with van der Waals surface area (Å²) < 4.78 is 4.53. The predicted molar refractivity (Wildman–Crippen MR) is 81.7 cm³/mol. The van der Waals surface area contributed by atoms with Crippen molar-refractivity contribution in [3.8, 4) is 5.75 Å². The fourth-order valence-corrected chi connectivity index (χ4v) is 2.84. The second-order valence-electron chi connectivity index (χ2n) is 3.89. The Kier molecular flexibility index (Phi) is 4.72. The lowest BCUT2D eigenvalue weighted by molar-refractivity contribution is 0.0606. The van der Waals surface area contributed by atoms with Crippen molar-refractivity contribution < 1.29 is 19.4 Å². The first-order valence-corrected chi connectivity index (χ1v) is 7.17. The van der Waals surface area contributed by atoms with Crippen LogP contribution in [0.3, 0.4) is 0 Å². The number of amides is 1. The molecular formula is C13H9Cl2NO4S. The van der Waals surface area contributed by atoms with Crippen LogP contribution in [0.4, 0.5) is 5.69 Å². The van der Waals surface area contributed by atoms with Gasteiger partial charge in [-0.05, 0) is 18.2 Å². The van der Waals surface area contributed by atoms with Gasteiger partial charge in [-0.1, -0.05) is 23.2 Å². The normalized spacial score (nSPS) is 10.2. The van der Waals surface area contributed by atoms with Crippen molar-refractivity contribution >= 4 is 52.1 Å². The van der Waals surface area contributed by atoms with Gasteiger partial charge in [-0.25, -0.2) is 4.79 Å². The van der Waals surface area contributed by atoms with E-state index in [-0.39, 0.29) is 20.5 Å². The average molecular weight is 346 g/mol. The number of anilines is 1. The average Bonchev–Trinajstić information content (AvgIpc) is 2.83. The summed E-state index contributed by atoms with van der Waals surface area (Å²) in [6.07, 6.45) is 0. The quantitative estimate of drug-likeness (QED) is 0.829. The molecule has 0 fully saturated rings. The second kappa shape index (κ2) is 6.34. The molecular weight excluding hydrogens is 337 g/mol. The van der Waals surface area contributed by atoms with Gasteiger partial charge in [0.25, 0.3) is 5.91 Å². The van der Waals surface area contributed by atoms with E-state index in [1.807, 2.05) is 0 Å². The van der Waals surface area contributed by atoms with Crippen LogP contribution < -0.4 is 5.32 Å². The maximum absolute atomic E-state index is 12.1. The molecule has 0 atom stereocenters. The monoisotopic (exact) mass is 345 g/mol. The third-order valence-electron chi connectivity index (χ3n) is 2.48. The Bertz CT molecular complexity index is 714. The number of ether oxygens (including phenoxy) is 1. The molecule has 0 spiro atoms. The van der Waals surface area contributed by atoms with Gasteiger partial charge in [0.15, 0.2) is 0 Å². The van der Waals surface area contributed by atoms with Gasteiger partial charge in [-0.2, -0.15) is 0 Å². The van der Waals surface area contributed by atoms with Crippen molar-refractivity contribution in [2.45, 2.75) is 0 Å². The van der Waals surface area contributed by atoms with Gasteiger partial charge in [0.05, 0.1) is 17.8 Å². The first kappa shape index (κ1) is 15.6. The van der Waals surface area contributed by atoms with Crippen LogP contribution in [-0.2, 0) is 4.74 Å². The van der Waals surface area contributed by atoms with E-state index in [2.05, 4.69) is 10.1 Å². The van der Waals surface area contributed by atoms with E-state index < -0.39 is 11.9 Å². The third-order valence-corrected chi connectivity index (χ3v) is 4.14. The zero-order valence-corrected chi connectivity index (χ0v) is 13.0. The molecule has 1 aromatic carbocycles. The highest BCUT2D eigenvalue weighted by Crippen LogP contribution is 2.31. The topological polar surface area (TPSA) is 75.6 Å². The van der Waals surface area contributed by atoms with E-state index in [4.69, 9.17) is 23.2 Å². The van der Waals surface area contributed by atoms with Crippen molar-refractivity contribution in [3.63, 3.8) is 0 Å². The summed E-state index contributed by atoms with van der Waals surface area (Å²) in [5.41, 5.74) is 0.346. The van der Waals surface area contributed by atoms with E-state index in [9.17, 15) is 14.7 Å². The second-order valence-corrected chi connectivity index (χ2v) is 5.79. The molecule has 0 aliphatic carbocycles. The van der Waals surface area contributed by atoms with Crippen LogP contribution in [0.25, 0.3) is 0 Å². The van der Waals surface area contributed by atoms with Crippen LogP contribution in [0, 0.1) is 0 Å². The molecule has 2 rings (SSSR count). The van der Waals surface area contributed by atoms with E-state index in [1.165, 1.54) is 25.3 Å². The summed E-state index contributed by atoms with van der Waals surface area (Å²) in [6, 6.07) is 5.76. The molecule has 21 heavy (non-hydrogen) atoms. The summed E-state index contributed by atoms with van der Waals surface area (Å²) >= 11 is 12.5. The summed E-state index contributed by atoms with van der Waals surface area (Å²) in [5.74, 6) is -1.52. The third kappa shape index (κ3) is 3.47. The minimum atomic E-state index is -0.626. The van der Waals surface area contributed by atoms with Gasteiger partial charge >= 0.3 is 5.97 Å². The largest absolute Gasteiger partial charge is 0.506 e. The fourth-order valence-electron chi connectivity index (χ4n) is 1.52. The number of aromatic hydroxyl groups is 1. The maximum Gasteiger partial charge on any atom is 0.348 e. The molecule has 0 bridgehead atoms. The number of methoxy groups -OCH3 is 1. The number of nitrogens with one attached hydrogen (secondary N) is 1. The Balaban J connectivity index is 2.24. The van der Waals surface area contributed by atoms with Gasteiger partial charge in [-0.3, -0.25) is 4.79 Å². The smallest absolute Gasteiger partial charge is 0.348 e. The minimum absolute atomic E-state index is 0.0126. The summed E-state index contributed by atoms with van der Waals surface area (Å²) in [5, 5.41) is 13.0. The number of carbonyl (C=O) groups excluding carboxylic acids is 2. The molecule has 2 N–H and O–H groups in total. The van der Waals surface area contributed by atoms with Crippen LogP contribution in [0.2, 0.25) is 10.0 Å². The molecule has 0 aliphatic heterocycles. The first-order chi connectivity index (χ1) is 9.92. The Morgan fingerprint density at radius 3 is 2.62 bits per heavy atom. The summed E-state index contributed by atoms with van der Waals surface area (Å²) in [6.45, 7) is 0. The van der Waals surface area contributed by atoms with Crippen LogP contribution in [0.1, 0.15) is 19.3 Å². The van der Waals surface area contributed by atoms with Gasteiger partial charge < -0.3 is 15.2 Å². The number of hydrogen-bond acceptors (Lipinski definition) is 5. The molecule has 0 radical (unpaired) electrons. The molecule has 1 amide bonds. The Labute approximate surface area is 134 Å². The molecule has 5 nitrogen and oxygen atoms in total. The van der Waals surface area contributed by atoms with E-state index in [1.54, 1.807) is 6.07 Å². The number of thiophene rings is 1. The number of halogens is 2. The highest BCUT2D eigenvalue weighted by atomic mass is 35.5. The van der Waals surface area contributed by atoms with Crippen LogP contribution in [0.5, 0.6) is 5.75 Å². The van der Waals surface area contributed by atoms with Crippen molar-refractivity contribution in [3.05, 3.63) is 44.1 Å². The van der Waals surface area contributed by atoms with Crippen LogP contribution >= 0.6 is 34.5 Å². The van der Waals surface area contributed by atoms with Crippen molar-refractivity contribution in [2.75, 3.05) is 12.4 Å². The molecule has 1 aromatic heterocycles. The molecule has 0 saturated heterocycles. The molecule has 1 heterocycles. The number of hydrogen-bond donors (Lipinski definition) is 2. The van der Waals surface area contributed by atoms with Crippen molar-refractivity contribution in [1.82, 2.24) is 0 Å². The Hall–Kier alpha value is -1.76. The van der Waals surface area contributed by atoms with Crippen molar-refractivity contribution in [2.24, 2.45) is 0 Å². The summed E-state index contributed by atoms with van der Waals surface area (Å²) in [7, 11) is 1.21. The van der Waals surface area contributed by atoms with Gasteiger partial charge in [-0.15, -0.1) is 11.3 Å². The highest BCUT2D eigenvalue weighted by molar-refractivity contribution is 7.16. The van der Waals surface area contributed by atoms with E-state index in [0.717, 1.165) is 11.3 Å². The number of esters is 1. The molecule has 110 valence electrons. The van der Waals surface area contributed by atoms with Crippen LogP contribution in [0.15, 0.2) is 24.3 Å². The van der Waals surface area contributed by atoms with E-state index >= 15 is 0 Å². The fraction of sp³-hybridized carbons (Fsp3) is 0.0769. The van der Waals surface area contributed by atoms with Gasteiger partial charge in [0.2, 0.25) is 0 Å². The Morgan fingerprint density at radius 1 is 1.29 bits per heavy atom. The number of rotatable bonds is 3. The minimum Gasteiger partial charge on any atom is -0.506 e. The first-order valence-electron chi connectivity index (χ1n) is 5.60. The lowest BCUT2D eigenvalue weighted by atomic mass is 10.3. The molecule has 0 saturated carbocycles. The zero-order chi connectivity index (χ0) is 15.6. The standard InChI is InChI=1S/C13H9Cl2NO4S/c1-20-13(19)10-5-9(17)11(21-10)12(18)16-8-3-2-6(14)4-7(8)15/h2-5,17H,1H3,(H,16,18). The number of carbonyl (C=O) groups is 2. The van der Waals surface area contributed by atoms with Gasteiger partial charge in [0.1, 0.15) is 15.5 Å². The molecule has 0 aliphatic rings. The zero-order valence-electron chi connectivity index (χ0n) is 10.6. The van der Waals surface area contributed by atoms with Crippen LogP contribution in [-0.4, -0.2) is 24.1 Å². The Morgan fingerprint density at radius 2 is 2.00 bits per heavy atom. The summed E-state index contributed by atoms with van der Waals surface area (Å²) in [4.78, 5) is 23.6. The van der Waals surface area contributed by atoms with Crippen molar-refractivity contribution in [1.29, 1.82) is 0 Å².